The summed E-state index contributed by atoms with van der Waals surface area (Å²) in [6.45, 7) is 0.0837. The zero-order valence-electron chi connectivity index (χ0n) is 9.28. The largest absolute Gasteiger partial charge is 0.336 e. The monoisotopic (exact) mass is 243 g/mol. The van der Waals surface area contributed by atoms with E-state index in [1.54, 1.807) is 12.4 Å². The van der Waals surface area contributed by atoms with Gasteiger partial charge in [-0.1, -0.05) is 5.16 Å². The molecule has 7 heteroatoms. The van der Waals surface area contributed by atoms with Gasteiger partial charge in [-0.15, -0.1) is 0 Å². The molecule has 0 unspecified atom stereocenters. The fourth-order valence-electron chi connectivity index (χ4n) is 1.60. The van der Waals surface area contributed by atoms with Gasteiger partial charge in [-0.05, 0) is 18.2 Å². The van der Waals surface area contributed by atoms with Gasteiger partial charge in [0.25, 0.3) is 5.89 Å². The Kier molecular flexibility index (Phi) is 2.67. The number of nitrogens with two attached hydrogens (primary N) is 1. The molecule has 0 atom stereocenters. The highest BCUT2D eigenvalue weighted by Crippen LogP contribution is 2.19. The van der Waals surface area contributed by atoms with E-state index in [1.807, 2.05) is 18.2 Å². The molecule has 0 radical (unpaired) electrons. The van der Waals surface area contributed by atoms with Gasteiger partial charge in [-0.3, -0.25) is 14.8 Å². The SMILES string of the molecule is NOCc1nc(-c2ccc3nccnc3c2)no1. The Balaban J connectivity index is 2.02. The van der Waals surface area contributed by atoms with E-state index in [2.05, 4.69) is 24.9 Å². The van der Waals surface area contributed by atoms with Gasteiger partial charge < -0.3 is 4.52 Å². The summed E-state index contributed by atoms with van der Waals surface area (Å²) in [5.74, 6) is 5.73. The summed E-state index contributed by atoms with van der Waals surface area (Å²) >= 11 is 0. The van der Waals surface area contributed by atoms with Crippen LogP contribution in [-0.2, 0) is 11.4 Å². The van der Waals surface area contributed by atoms with E-state index >= 15 is 0 Å². The first-order valence-electron chi connectivity index (χ1n) is 5.22. The van der Waals surface area contributed by atoms with Crippen molar-refractivity contribution >= 4 is 11.0 Å². The molecule has 0 bridgehead atoms. The van der Waals surface area contributed by atoms with Crippen molar-refractivity contribution < 1.29 is 9.36 Å². The Morgan fingerprint density at radius 2 is 2.00 bits per heavy atom. The Morgan fingerprint density at radius 3 is 2.83 bits per heavy atom. The van der Waals surface area contributed by atoms with Gasteiger partial charge in [0.1, 0.15) is 6.61 Å². The van der Waals surface area contributed by atoms with Crippen LogP contribution < -0.4 is 5.90 Å². The predicted octanol–water partition coefficient (Wildman–Crippen LogP) is 1.07. The van der Waals surface area contributed by atoms with Crippen LogP contribution in [0.2, 0.25) is 0 Å². The maximum Gasteiger partial charge on any atom is 0.255 e. The minimum Gasteiger partial charge on any atom is -0.336 e. The molecule has 0 saturated carbocycles. The van der Waals surface area contributed by atoms with E-state index in [0.29, 0.717) is 11.7 Å². The first-order chi connectivity index (χ1) is 8.86. The molecule has 18 heavy (non-hydrogen) atoms. The van der Waals surface area contributed by atoms with E-state index in [0.717, 1.165) is 16.6 Å². The van der Waals surface area contributed by atoms with Gasteiger partial charge in [-0.25, -0.2) is 5.90 Å². The number of benzene rings is 1. The summed E-state index contributed by atoms with van der Waals surface area (Å²) in [4.78, 5) is 17.0. The number of aromatic nitrogens is 4. The molecule has 0 aliphatic heterocycles. The van der Waals surface area contributed by atoms with Crippen molar-refractivity contribution in [3.63, 3.8) is 0 Å². The van der Waals surface area contributed by atoms with Crippen LogP contribution >= 0.6 is 0 Å². The van der Waals surface area contributed by atoms with Gasteiger partial charge in [0, 0.05) is 18.0 Å². The normalized spacial score (nSPS) is 10.9. The molecule has 0 spiro atoms. The molecule has 3 rings (SSSR count). The number of hydrogen-bond donors (Lipinski definition) is 1. The van der Waals surface area contributed by atoms with E-state index in [1.165, 1.54) is 0 Å². The summed E-state index contributed by atoms with van der Waals surface area (Å²) < 4.78 is 4.97. The van der Waals surface area contributed by atoms with Crippen LogP contribution in [0.25, 0.3) is 22.4 Å². The molecular formula is C11H9N5O2. The smallest absolute Gasteiger partial charge is 0.255 e. The first-order valence-corrected chi connectivity index (χ1v) is 5.22. The third-order valence-corrected chi connectivity index (χ3v) is 2.40. The Morgan fingerprint density at radius 1 is 1.17 bits per heavy atom. The molecule has 1 aromatic carbocycles. The van der Waals surface area contributed by atoms with Crippen LogP contribution in [-0.4, -0.2) is 20.1 Å². The maximum atomic E-state index is 4.97. The summed E-state index contributed by atoms with van der Waals surface area (Å²) in [5, 5.41) is 3.84. The van der Waals surface area contributed by atoms with Gasteiger partial charge in [-0.2, -0.15) is 4.98 Å². The molecule has 0 fully saturated rings. The first kappa shape index (κ1) is 10.8. The van der Waals surface area contributed by atoms with Crippen molar-refractivity contribution in [1.82, 2.24) is 20.1 Å². The molecule has 2 heterocycles. The van der Waals surface area contributed by atoms with Crippen molar-refractivity contribution in [2.75, 3.05) is 0 Å². The molecule has 2 aromatic heterocycles. The lowest BCUT2D eigenvalue weighted by atomic mass is 10.2. The van der Waals surface area contributed by atoms with E-state index in [4.69, 9.17) is 10.4 Å². The van der Waals surface area contributed by atoms with Gasteiger partial charge in [0.15, 0.2) is 0 Å². The zero-order valence-corrected chi connectivity index (χ0v) is 9.28. The van der Waals surface area contributed by atoms with Crippen LogP contribution in [0.5, 0.6) is 0 Å². The fraction of sp³-hybridized carbons (Fsp3) is 0.0909. The Hall–Kier alpha value is -2.38. The Labute approximate surface area is 102 Å². The highest BCUT2D eigenvalue weighted by molar-refractivity contribution is 5.79. The van der Waals surface area contributed by atoms with Crippen LogP contribution in [0.3, 0.4) is 0 Å². The lowest BCUT2D eigenvalue weighted by molar-refractivity contribution is 0.0996. The topological polar surface area (TPSA) is 100.0 Å². The van der Waals surface area contributed by atoms with Crippen LogP contribution in [0.4, 0.5) is 0 Å². The van der Waals surface area contributed by atoms with Crippen molar-refractivity contribution in [2.45, 2.75) is 6.61 Å². The highest BCUT2D eigenvalue weighted by atomic mass is 16.6. The second-order valence-corrected chi connectivity index (χ2v) is 3.58. The van der Waals surface area contributed by atoms with Gasteiger partial charge in [0.05, 0.1) is 11.0 Å². The van der Waals surface area contributed by atoms with Crippen molar-refractivity contribution in [3.05, 3.63) is 36.5 Å². The molecule has 0 aliphatic rings. The molecule has 2 N–H and O–H groups in total. The molecule has 0 amide bonds. The van der Waals surface area contributed by atoms with Crippen LogP contribution in [0.1, 0.15) is 5.89 Å². The second kappa shape index (κ2) is 4.47. The zero-order chi connectivity index (χ0) is 12.4. The van der Waals surface area contributed by atoms with Gasteiger partial charge in [0.2, 0.25) is 5.82 Å². The molecule has 0 aliphatic carbocycles. The van der Waals surface area contributed by atoms with E-state index in [9.17, 15) is 0 Å². The molecule has 7 nitrogen and oxygen atoms in total. The molecule has 0 saturated heterocycles. The highest BCUT2D eigenvalue weighted by Gasteiger charge is 2.09. The third-order valence-electron chi connectivity index (χ3n) is 2.40. The molecular weight excluding hydrogens is 234 g/mol. The standard InChI is InChI=1S/C11H9N5O2/c12-17-6-10-15-11(16-18-10)7-1-2-8-9(5-7)14-4-3-13-8/h1-5H,6,12H2. The van der Waals surface area contributed by atoms with E-state index < -0.39 is 0 Å². The fourth-order valence-corrected chi connectivity index (χ4v) is 1.60. The maximum absolute atomic E-state index is 4.97. The summed E-state index contributed by atoms with van der Waals surface area (Å²) in [6, 6.07) is 5.56. The lowest BCUT2D eigenvalue weighted by Crippen LogP contribution is -1.98. The van der Waals surface area contributed by atoms with Crippen LogP contribution in [0.15, 0.2) is 35.1 Å². The number of rotatable bonds is 3. The van der Waals surface area contributed by atoms with Crippen molar-refractivity contribution in [1.29, 1.82) is 0 Å². The number of nitrogens with zero attached hydrogens (tertiary/aromatic N) is 4. The minimum absolute atomic E-state index is 0.0837. The average Bonchev–Trinajstić information content (AvgIpc) is 2.87. The molecule has 90 valence electrons. The quantitative estimate of drug-likeness (QED) is 0.686. The minimum atomic E-state index is 0.0837. The summed E-state index contributed by atoms with van der Waals surface area (Å²) in [6.07, 6.45) is 3.28. The van der Waals surface area contributed by atoms with Crippen molar-refractivity contribution in [2.24, 2.45) is 5.90 Å². The third kappa shape index (κ3) is 1.92. The second-order valence-electron chi connectivity index (χ2n) is 3.58. The average molecular weight is 243 g/mol. The van der Waals surface area contributed by atoms with Crippen molar-refractivity contribution in [3.8, 4) is 11.4 Å². The summed E-state index contributed by atoms with van der Waals surface area (Å²) in [7, 11) is 0. The number of fused-ring (bicyclic) bond motifs is 1. The number of hydrogen-bond acceptors (Lipinski definition) is 7. The van der Waals surface area contributed by atoms with Gasteiger partial charge >= 0.3 is 0 Å². The lowest BCUT2D eigenvalue weighted by Gasteiger charge is -1.97. The summed E-state index contributed by atoms with van der Waals surface area (Å²) in [5.41, 5.74) is 2.39. The Bertz CT molecular complexity index is 682. The van der Waals surface area contributed by atoms with Crippen LogP contribution in [0, 0.1) is 0 Å². The van der Waals surface area contributed by atoms with E-state index in [-0.39, 0.29) is 6.61 Å². The molecule has 3 aromatic rings. The predicted molar refractivity (Wildman–Crippen MR) is 61.8 cm³/mol.